The zero-order valence-corrected chi connectivity index (χ0v) is 15.2. The number of rotatable bonds is 3. The molecule has 0 aromatic heterocycles. The van der Waals surface area contributed by atoms with Crippen molar-refractivity contribution in [2.45, 2.75) is 50.6 Å². The molecule has 5 nitrogen and oxygen atoms in total. The number of nitrogens with two attached hydrogens (primary N) is 1. The standard InChI is InChI=1S/C20H25F2N3O2/c21-15-5-2-6-16(22)19(15)25-10-14(9-17(25)26)24-20(27)13-7-11-3-1-4-12(8-13)18(11)23/h2,5-6,11-14,18H,1,3-4,7-10,23H2,(H,24,27). The minimum atomic E-state index is -0.774. The fourth-order valence-electron chi connectivity index (χ4n) is 5.09. The van der Waals surface area contributed by atoms with Crippen LogP contribution < -0.4 is 16.0 Å². The lowest BCUT2D eigenvalue weighted by Crippen LogP contribution is -2.50. The molecule has 2 bridgehead atoms. The van der Waals surface area contributed by atoms with E-state index in [2.05, 4.69) is 5.32 Å². The van der Waals surface area contributed by atoms with E-state index in [-0.39, 0.29) is 42.4 Å². The van der Waals surface area contributed by atoms with Crippen LogP contribution in [0.15, 0.2) is 18.2 Å². The predicted molar refractivity (Wildman–Crippen MR) is 96.8 cm³/mol. The van der Waals surface area contributed by atoms with Gasteiger partial charge < -0.3 is 16.0 Å². The number of nitrogens with zero attached hydrogens (tertiary/aromatic N) is 1. The second-order valence-electron chi connectivity index (χ2n) is 8.18. The summed E-state index contributed by atoms with van der Waals surface area (Å²) in [5.74, 6) is -1.30. The van der Waals surface area contributed by atoms with E-state index in [0.29, 0.717) is 11.8 Å². The maximum absolute atomic E-state index is 14.0. The van der Waals surface area contributed by atoms with Crippen molar-refractivity contribution in [2.24, 2.45) is 23.5 Å². The second kappa shape index (κ2) is 7.19. The van der Waals surface area contributed by atoms with E-state index in [0.717, 1.165) is 42.7 Å². The molecule has 2 aliphatic carbocycles. The van der Waals surface area contributed by atoms with Crippen LogP contribution in [-0.2, 0) is 9.59 Å². The zero-order valence-electron chi connectivity index (χ0n) is 15.2. The summed E-state index contributed by atoms with van der Waals surface area (Å²) in [5, 5.41) is 2.93. The van der Waals surface area contributed by atoms with Crippen LogP contribution in [0.1, 0.15) is 38.5 Å². The van der Waals surface area contributed by atoms with Crippen LogP contribution in [0.5, 0.6) is 0 Å². The Morgan fingerprint density at radius 1 is 1.15 bits per heavy atom. The van der Waals surface area contributed by atoms with Crippen LogP contribution >= 0.6 is 0 Å². The Labute approximate surface area is 157 Å². The van der Waals surface area contributed by atoms with Gasteiger partial charge in [0.15, 0.2) is 0 Å². The Balaban J connectivity index is 1.41. The summed E-state index contributed by atoms with van der Waals surface area (Å²) < 4.78 is 28.0. The van der Waals surface area contributed by atoms with Crippen molar-refractivity contribution in [2.75, 3.05) is 11.4 Å². The molecule has 2 amide bonds. The summed E-state index contributed by atoms with van der Waals surface area (Å²) in [4.78, 5) is 26.1. The highest BCUT2D eigenvalue weighted by Crippen LogP contribution is 2.42. The highest BCUT2D eigenvalue weighted by Gasteiger charge is 2.42. The monoisotopic (exact) mass is 377 g/mol. The third kappa shape index (κ3) is 3.45. The average molecular weight is 377 g/mol. The molecule has 1 heterocycles. The lowest BCUT2D eigenvalue weighted by Gasteiger charge is -2.43. The first-order valence-electron chi connectivity index (χ1n) is 9.74. The summed E-state index contributed by atoms with van der Waals surface area (Å²) in [5.41, 5.74) is 5.95. The van der Waals surface area contributed by atoms with Gasteiger partial charge in [0.05, 0.1) is 6.04 Å². The fourth-order valence-corrected chi connectivity index (χ4v) is 5.09. The number of fused-ring (bicyclic) bond motifs is 2. The first kappa shape index (κ1) is 18.3. The summed E-state index contributed by atoms with van der Waals surface area (Å²) >= 11 is 0. The normalized spacial score (nSPS) is 33.2. The van der Waals surface area contributed by atoms with Gasteiger partial charge in [0.25, 0.3) is 0 Å². The van der Waals surface area contributed by atoms with E-state index in [9.17, 15) is 18.4 Å². The molecule has 4 rings (SSSR count). The molecule has 3 unspecified atom stereocenters. The van der Waals surface area contributed by atoms with E-state index in [1.54, 1.807) is 0 Å². The molecule has 3 atom stereocenters. The SMILES string of the molecule is NC1C2CCCC1CC(C(=O)NC1CC(=O)N(c3c(F)cccc3F)C1)C2. The molecule has 7 heteroatoms. The summed E-state index contributed by atoms with van der Waals surface area (Å²) in [6.45, 7) is 0.0848. The Morgan fingerprint density at radius 3 is 2.41 bits per heavy atom. The number of amides is 2. The van der Waals surface area contributed by atoms with Crippen LogP contribution in [0.3, 0.4) is 0 Å². The molecule has 0 radical (unpaired) electrons. The Hall–Kier alpha value is -2.02. The first-order valence-corrected chi connectivity index (χ1v) is 9.74. The largest absolute Gasteiger partial charge is 0.351 e. The molecular weight excluding hydrogens is 352 g/mol. The quantitative estimate of drug-likeness (QED) is 0.849. The van der Waals surface area contributed by atoms with E-state index < -0.39 is 17.7 Å². The molecule has 27 heavy (non-hydrogen) atoms. The van der Waals surface area contributed by atoms with Gasteiger partial charge in [-0.3, -0.25) is 9.59 Å². The molecule has 3 fully saturated rings. The number of hydrogen-bond donors (Lipinski definition) is 2. The minimum absolute atomic E-state index is 0.0542. The van der Waals surface area contributed by atoms with Gasteiger partial charge in [-0.15, -0.1) is 0 Å². The molecule has 1 saturated heterocycles. The van der Waals surface area contributed by atoms with Crippen LogP contribution in [0, 0.1) is 29.4 Å². The number of para-hydroxylation sites is 1. The number of halogens is 2. The van der Waals surface area contributed by atoms with Gasteiger partial charge in [0.2, 0.25) is 11.8 Å². The smallest absolute Gasteiger partial charge is 0.229 e. The molecule has 1 aliphatic heterocycles. The van der Waals surface area contributed by atoms with Crippen molar-refractivity contribution in [3.63, 3.8) is 0 Å². The van der Waals surface area contributed by atoms with Gasteiger partial charge in [-0.2, -0.15) is 0 Å². The molecule has 2 saturated carbocycles. The van der Waals surface area contributed by atoms with Gasteiger partial charge in [0, 0.05) is 24.9 Å². The lowest BCUT2D eigenvalue weighted by atomic mass is 9.65. The van der Waals surface area contributed by atoms with Gasteiger partial charge in [-0.05, 0) is 49.7 Å². The van der Waals surface area contributed by atoms with Gasteiger partial charge in [-0.25, -0.2) is 8.78 Å². The number of nitrogens with one attached hydrogen (secondary N) is 1. The summed E-state index contributed by atoms with van der Waals surface area (Å²) in [6.07, 6.45) is 4.95. The number of hydrogen-bond acceptors (Lipinski definition) is 3. The van der Waals surface area contributed by atoms with Crippen molar-refractivity contribution in [1.29, 1.82) is 0 Å². The van der Waals surface area contributed by atoms with Crippen molar-refractivity contribution >= 4 is 17.5 Å². The number of carbonyl (C=O) groups excluding carboxylic acids is 2. The molecule has 0 spiro atoms. The maximum Gasteiger partial charge on any atom is 0.229 e. The molecule has 146 valence electrons. The van der Waals surface area contributed by atoms with E-state index in [1.807, 2.05) is 0 Å². The summed E-state index contributed by atoms with van der Waals surface area (Å²) in [7, 11) is 0. The third-order valence-electron chi connectivity index (χ3n) is 6.46. The van der Waals surface area contributed by atoms with Crippen molar-refractivity contribution in [3.05, 3.63) is 29.8 Å². The van der Waals surface area contributed by atoms with Crippen molar-refractivity contribution in [3.8, 4) is 0 Å². The second-order valence-corrected chi connectivity index (χ2v) is 8.18. The fraction of sp³-hybridized carbons (Fsp3) is 0.600. The minimum Gasteiger partial charge on any atom is -0.351 e. The number of benzene rings is 1. The van der Waals surface area contributed by atoms with Crippen molar-refractivity contribution in [1.82, 2.24) is 5.32 Å². The first-order chi connectivity index (χ1) is 12.9. The molecular formula is C20H25F2N3O2. The Morgan fingerprint density at radius 2 is 1.78 bits per heavy atom. The van der Waals surface area contributed by atoms with Gasteiger partial charge in [0.1, 0.15) is 17.3 Å². The predicted octanol–water partition coefficient (Wildman–Crippen LogP) is 2.34. The number of carbonyl (C=O) groups is 2. The molecule has 1 aromatic carbocycles. The third-order valence-corrected chi connectivity index (χ3v) is 6.46. The molecule has 3 aliphatic rings. The van der Waals surface area contributed by atoms with Crippen LogP contribution in [-0.4, -0.2) is 30.4 Å². The molecule has 3 N–H and O–H groups in total. The van der Waals surface area contributed by atoms with Gasteiger partial charge in [-0.1, -0.05) is 12.5 Å². The Kier molecular flexibility index (Phi) is 4.88. The highest BCUT2D eigenvalue weighted by atomic mass is 19.1. The summed E-state index contributed by atoms with van der Waals surface area (Å²) in [6, 6.07) is 3.27. The maximum atomic E-state index is 14.0. The number of anilines is 1. The topological polar surface area (TPSA) is 75.4 Å². The van der Waals surface area contributed by atoms with E-state index in [1.165, 1.54) is 12.5 Å². The van der Waals surface area contributed by atoms with E-state index in [4.69, 9.17) is 5.73 Å². The van der Waals surface area contributed by atoms with Crippen LogP contribution in [0.4, 0.5) is 14.5 Å². The van der Waals surface area contributed by atoms with Gasteiger partial charge >= 0.3 is 0 Å². The molecule has 1 aromatic rings. The average Bonchev–Trinajstić information content (AvgIpc) is 2.94. The highest BCUT2D eigenvalue weighted by molar-refractivity contribution is 5.97. The van der Waals surface area contributed by atoms with Crippen LogP contribution in [0.25, 0.3) is 0 Å². The van der Waals surface area contributed by atoms with Crippen LogP contribution in [0.2, 0.25) is 0 Å². The zero-order chi connectivity index (χ0) is 19.1. The van der Waals surface area contributed by atoms with E-state index >= 15 is 0 Å². The Bertz CT molecular complexity index is 722. The van der Waals surface area contributed by atoms with Crippen molar-refractivity contribution < 1.29 is 18.4 Å². The lowest BCUT2D eigenvalue weighted by molar-refractivity contribution is -0.128.